The first-order valence-corrected chi connectivity index (χ1v) is 6.74. The Morgan fingerprint density at radius 1 is 1.42 bits per heavy atom. The lowest BCUT2D eigenvalue weighted by atomic mass is 9.97. The van der Waals surface area contributed by atoms with Gasteiger partial charge in [0.15, 0.2) is 0 Å². The van der Waals surface area contributed by atoms with Gasteiger partial charge in [0.05, 0.1) is 12.1 Å². The van der Waals surface area contributed by atoms with Gasteiger partial charge < -0.3 is 5.73 Å². The second-order valence-corrected chi connectivity index (χ2v) is 5.95. The zero-order valence-electron chi connectivity index (χ0n) is 10.9. The van der Waals surface area contributed by atoms with Gasteiger partial charge in [-0.25, -0.2) is 0 Å². The summed E-state index contributed by atoms with van der Waals surface area (Å²) in [4.78, 5) is 25.2. The molecule has 0 aromatic heterocycles. The van der Waals surface area contributed by atoms with Gasteiger partial charge in [0.2, 0.25) is 11.8 Å². The van der Waals surface area contributed by atoms with Crippen LogP contribution in [0.4, 0.5) is 5.69 Å². The molecule has 6 heteroatoms. The molecule has 0 radical (unpaired) electrons. The minimum atomic E-state index is -0.740. The number of carbonyl (C=O) groups excluding carboxylic acids is 2. The molecule has 0 bridgehead atoms. The number of benzene rings is 1. The fourth-order valence-electron chi connectivity index (χ4n) is 2.02. The highest BCUT2D eigenvalue weighted by Crippen LogP contribution is 2.28. The van der Waals surface area contributed by atoms with Crippen LogP contribution in [0, 0.1) is 0 Å². The van der Waals surface area contributed by atoms with E-state index in [0.29, 0.717) is 12.2 Å². The quantitative estimate of drug-likeness (QED) is 0.634. The van der Waals surface area contributed by atoms with Crippen LogP contribution in [0.1, 0.15) is 19.4 Å². The molecule has 0 spiro atoms. The smallest absolute Gasteiger partial charge is 0.246 e. The third kappa shape index (κ3) is 2.64. The monoisotopic (exact) mass is 325 g/mol. The molecule has 0 aliphatic carbocycles. The van der Waals surface area contributed by atoms with Crippen molar-refractivity contribution in [1.29, 1.82) is 0 Å². The van der Waals surface area contributed by atoms with Crippen LogP contribution in [0.5, 0.6) is 0 Å². The first-order valence-electron chi connectivity index (χ1n) is 5.94. The first kappa shape index (κ1) is 14.0. The number of nitrogens with two attached hydrogens (primary N) is 1. The van der Waals surface area contributed by atoms with E-state index in [0.717, 1.165) is 10.0 Å². The molecule has 2 amide bonds. The molecule has 19 heavy (non-hydrogen) atoms. The molecule has 5 nitrogen and oxygen atoms in total. The summed E-state index contributed by atoms with van der Waals surface area (Å²) in [5.41, 5.74) is 6.74. The predicted octanol–water partition coefficient (Wildman–Crippen LogP) is 1.27. The highest BCUT2D eigenvalue weighted by Gasteiger charge is 2.40. The number of imide groups is 1. The van der Waals surface area contributed by atoms with Crippen LogP contribution in [0.15, 0.2) is 22.7 Å². The zero-order chi connectivity index (χ0) is 14.2. The van der Waals surface area contributed by atoms with Gasteiger partial charge in [0, 0.05) is 22.3 Å². The molecule has 0 unspecified atom stereocenters. The number of hydrogen-bond donors (Lipinski definition) is 2. The number of nitrogens with zero attached hydrogens (tertiary/aromatic N) is 1. The van der Waals surface area contributed by atoms with E-state index < -0.39 is 5.54 Å². The Labute approximate surface area is 120 Å². The van der Waals surface area contributed by atoms with Gasteiger partial charge in [-0.3, -0.25) is 19.8 Å². The second-order valence-electron chi connectivity index (χ2n) is 5.10. The lowest BCUT2D eigenvalue weighted by Crippen LogP contribution is -2.63. The van der Waals surface area contributed by atoms with E-state index in [9.17, 15) is 9.59 Å². The highest BCUT2D eigenvalue weighted by atomic mass is 79.9. The molecule has 0 saturated carbocycles. The summed E-state index contributed by atoms with van der Waals surface area (Å²) < 4.78 is 0.877. The van der Waals surface area contributed by atoms with E-state index in [2.05, 4.69) is 21.2 Å². The minimum absolute atomic E-state index is 0.180. The van der Waals surface area contributed by atoms with Crippen molar-refractivity contribution in [1.82, 2.24) is 10.2 Å². The predicted molar refractivity (Wildman–Crippen MR) is 76.2 cm³/mol. The molecule has 0 atom stereocenters. The van der Waals surface area contributed by atoms with Gasteiger partial charge in [-0.15, -0.1) is 0 Å². The molecular formula is C13H16BrN3O2. The summed E-state index contributed by atoms with van der Waals surface area (Å²) >= 11 is 3.45. The maximum absolute atomic E-state index is 11.9. The molecule has 1 fully saturated rings. The lowest BCUT2D eigenvalue weighted by Gasteiger charge is -2.40. The Balaban J connectivity index is 2.31. The molecule has 102 valence electrons. The van der Waals surface area contributed by atoms with Crippen LogP contribution in [0.3, 0.4) is 0 Å². The lowest BCUT2D eigenvalue weighted by molar-refractivity contribution is -0.145. The van der Waals surface area contributed by atoms with Crippen molar-refractivity contribution in [3.05, 3.63) is 28.2 Å². The average Bonchev–Trinajstić information content (AvgIpc) is 2.30. The van der Waals surface area contributed by atoms with Gasteiger partial charge in [-0.2, -0.15) is 0 Å². The summed E-state index contributed by atoms with van der Waals surface area (Å²) in [5, 5.41) is 2.35. The number of hydrogen-bond acceptors (Lipinski definition) is 4. The van der Waals surface area contributed by atoms with Crippen LogP contribution in [0.25, 0.3) is 0 Å². The van der Waals surface area contributed by atoms with Crippen molar-refractivity contribution in [3.8, 4) is 0 Å². The number of amides is 2. The Hall–Kier alpha value is -1.40. The zero-order valence-corrected chi connectivity index (χ0v) is 12.5. The Morgan fingerprint density at radius 3 is 2.74 bits per heavy atom. The first-order chi connectivity index (χ1) is 8.82. The maximum atomic E-state index is 11.9. The SMILES string of the molecule is CC1(C)C(=O)NC(=O)CN1Cc1c(N)cccc1Br. The number of rotatable bonds is 2. The van der Waals surface area contributed by atoms with E-state index in [1.165, 1.54) is 0 Å². The van der Waals surface area contributed by atoms with Crippen LogP contribution in [-0.4, -0.2) is 28.8 Å². The fraction of sp³-hybridized carbons (Fsp3) is 0.385. The molecule has 3 N–H and O–H groups in total. The van der Waals surface area contributed by atoms with Crippen LogP contribution < -0.4 is 11.1 Å². The molecule has 1 aliphatic heterocycles. The number of nitrogen functional groups attached to an aromatic ring is 1. The van der Waals surface area contributed by atoms with Gasteiger partial charge in [-0.1, -0.05) is 22.0 Å². The molecule has 2 rings (SSSR count). The fourth-order valence-corrected chi connectivity index (χ4v) is 2.53. The van der Waals surface area contributed by atoms with Crippen LogP contribution in [-0.2, 0) is 16.1 Å². The third-order valence-corrected chi connectivity index (χ3v) is 4.18. The number of carbonyl (C=O) groups is 2. The molecular weight excluding hydrogens is 310 g/mol. The highest BCUT2D eigenvalue weighted by molar-refractivity contribution is 9.10. The van der Waals surface area contributed by atoms with E-state index in [-0.39, 0.29) is 18.4 Å². The summed E-state index contributed by atoms with van der Waals surface area (Å²) in [7, 11) is 0. The Morgan fingerprint density at radius 2 is 2.11 bits per heavy atom. The van der Waals surface area contributed by atoms with E-state index in [4.69, 9.17) is 5.73 Å². The maximum Gasteiger partial charge on any atom is 0.246 e. The summed E-state index contributed by atoms with van der Waals surface area (Å²) in [6.07, 6.45) is 0. The number of piperazine rings is 1. The van der Waals surface area contributed by atoms with E-state index in [1.54, 1.807) is 19.9 Å². The summed E-state index contributed by atoms with van der Waals surface area (Å²) in [5.74, 6) is -0.565. The number of nitrogens with one attached hydrogen (secondary N) is 1. The average molecular weight is 326 g/mol. The van der Waals surface area contributed by atoms with Gasteiger partial charge >= 0.3 is 0 Å². The normalized spacial score (nSPS) is 19.3. The largest absolute Gasteiger partial charge is 0.398 e. The third-order valence-electron chi connectivity index (χ3n) is 3.44. The molecule has 1 aromatic rings. The minimum Gasteiger partial charge on any atom is -0.398 e. The molecule has 1 heterocycles. The van der Waals surface area contributed by atoms with Crippen molar-refractivity contribution in [2.24, 2.45) is 0 Å². The van der Waals surface area contributed by atoms with Gasteiger partial charge in [0.25, 0.3) is 0 Å². The van der Waals surface area contributed by atoms with Gasteiger partial charge in [0.1, 0.15) is 0 Å². The number of halogens is 1. The van der Waals surface area contributed by atoms with Crippen molar-refractivity contribution in [3.63, 3.8) is 0 Å². The Bertz CT molecular complexity index is 522. The number of anilines is 1. The molecule has 1 saturated heterocycles. The molecule has 1 aliphatic rings. The van der Waals surface area contributed by atoms with Crippen LogP contribution in [0.2, 0.25) is 0 Å². The topological polar surface area (TPSA) is 75.4 Å². The van der Waals surface area contributed by atoms with Crippen molar-refractivity contribution in [2.45, 2.75) is 25.9 Å². The summed E-state index contributed by atoms with van der Waals surface area (Å²) in [6, 6.07) is 5.55. The van der Waals surface area contributed by atoms with Crippen LogP contribution >= 0.6 is 15.9 Å². The second kappa shape index (κ2) is 4.94. The van der Waals surface area contributed by atoms with Crippen molar-refractivity contribution < 1.29 is 9.59 Å². The van der Waals surface area contributed by atoms with Gasteiger partial charge in [-0.05, 0) is 26.0 Å². The standard InChI is InChI=1S/C13H16BrN3O2/c1-13(2)12(19)16-11(18)7-17(13)6-8-9(14)4-3-5-10(8)15/h3-5H,6-7,15H2,1-2H3,(H,16,18,19). The van der Waals surface area contributed by atoms with E-state index in [1.807, 2.05) is 17.0 Å². The van der Waals surface area contributed by atoms with E-state index >= 15 is 0 Å². The summed E-state index contributed by atoms with van der Waals surface area (Å²) in [6.45, 7) is 4.21. The van der Waals surface area contributed by atoms with Crippen molar-refractivity contribution in [2.75, 3.05) is 12.3 Å². The Kier molecular flexibility index (Phi) is 3.64. The van der Waals surface area contributed by atoms with Crippen molar-refractivity contribution >= 4 is 33.4 Å². The molecule has 1 aromatic carbocycles.